The third-order valence-corrected chi connectivity index (χ3v) is 3.46. The molecule has 1 unspecified atom stereocenters. The molecule has 0 aliphatic rings. The summed E-state index contributed by atoms with van der Waals surface area (Å²) < 4.78 is 5.42. The third-order valence-electron chi connectivity index (χ3n) is 3.13. The smallest absolute Gasteiger partial charge is 0.127 e. The van der Waals surface area contributed by atoms with Gasteiger partial charge in [-0.15, -0.1) is 0 Å². The van der Waals surface area contributed by atoms with Crippen molar-refractivity contribution in [3.63, 3.8) is 0 Å². The summed E-state index contributed by atoms with van der Waals surface area (Å²) in [5.74, 6) is 0.773. The first-order chi connectivity index (χ1) is 8.00. The van der Waals surface area contributed by atoms with Crippen molar-refractivity contribution >= 4 is 11.6 Å². The lowest BCUT2D eigenvalue weighted by atomic mass is 9.98. The molecule has 17 heavy (non-hydrogen) atoms. The van der Waals surface area contributed by atoms with Gasteiger partial charge in [-0.3, -0.25) is 0 Å². The van der Waals surface area contributed by atoms with E-state index in [9.17, 15) is 0 Å². The van der Waals surface area contributed by atoms with E-state index in [1.807, 2.05) is 32.0 Å². The summed E-state index contributed by atoms with van der Waals surface area (Å²) in [5.41, 5.74) is 10.5. The third kappa shape index (κ3) is 2.24. The van der Waals surface area contributed by atoms with Crippen LogP contribution in [0.1, 0.15) is 34.1 Å². The van der Waals surface area contributed by atoms with Gasteiger partial charge < -0.3 is 10.2 Å². The Labute approximate surface area is 106 Å². The van der Waals surface area contributed by atoms with Crippen LogP contribution in [-0.2, 0) is 0 Å². The van der Waals surface area contributed by atoms with Crippen LogP contribution in [0.25, 0.3) is 0 Å². The topological polar surface area (TPSA) is 39.2 Å². The number of furan rings is 1. The molecule has 0 radical (unpaired) electrons. The first-order valence-electron chi connectivity index (χ1n) is 5.57. The molecule has 3 heteroatoms. The van der Waals surface area contributed by atoms with Crippen LogP contribution >= 0.6 is 11.6 Å². The minimum atomic E-state index is -0.309. The molecule has 0 amide bonds. The highest BCUT2D eigenvalue weighted by Gasteiger charge is 2.18. The van der Waals surface area contributed by atoms with E-state index in [1.54, 1.807) is 6.26 Å². The zero-order valence-corrected chi connectivity index (χ0v) is 11.0. The first-order valence-corrected chi connectivity index (χ1v) is 5.94. The van der Waals surface area contributed by atoms with Crippen LogP contribution < -0.4 is 5.73 Å². The molecule has 0 aliphatic heterocycles. The zero-order chi connectivity index (χ0) is 12.6. The summed E-state index contributed by atoms with van der Waals surface area (Å²) in [6.45, 7) is 6.07. The molecular formula is C14H16ClNO. The Kier molecular flexibility index (Phi) is 3.27. The summed E-state index contributed by atoms with van der Waals surface area (Å²) in [6, 6.07) is 5.58. The van der Waals surface area contributed by atoms with Gasteiger partial charge >= 0.3 is 0 Å². The lowest BCUT2D eigenvalue weighted by Gasteiger charge is -2.14. The summed E-state index contributed by atoms with van der Waals surface area (Å²) in [7, 11) is 0. The molecule has 2 rings (SSSR count). The Bertz CT molecular complexity index is 545. The Balaban J connectivity index is 2.48. The van der Waals surface area contributed by atoms with Gasteiger partial charge in [0.2, 0.25) is 0 Å². The van der Waals surface area contributed by atoms with Crippen molar-refractivity contribution in [3.05, 3.63) is 57.5 Å². The zero-order valence-electron chi connectivity index (χ0n) is 10.3. The average molecular weight is 250 g/mol. The van der Waals surface area contributed by atoms with Gasteiger partial charge in [0.15, 0.2) is 0 Å². The minimum Gasteiger partial charge on any atom is -0.467 e. The van der Waals surface area contributed by atoms with Crippen molar-refractivity contribution in [1.82, 2.24) is 0 Å². The van der Waals surface area contributed by atoms with Crippen LogP contribution in [0.4, 0.5) is 0 Å². The maximum atomic E-state index is 6.24. The van der Waals surface area contributed by atoms with Crippen LogP contribution in [0.5, 0.6) is 0 Å². The maximum Gasteiger partial charge on any atom is 0.127 e. The standard InChI is InChI=1S/C14H16ClNO/c1-8-4-5-17-14(8)13(16)11-6-9(2)10(3)7-12(11)15/h4-7,13H,16H2,1-3H3. The van der Waals surface area contributed by atoms with Gasteiger partial charge in [-0.1, -0.05) is 17.7 Å². The van der Waals surface area contributed by atoms with Crippen molar-refractivity contribution in [2.45, 2.75) is 26.8 Å². The molecule has 0 aliphatic carbocycles. The Morgan fingerprint density at radius 2 is 1.76 bits per heavy atom. The van der Waals surface area contributed by atoms with Crippen molar-refractivity contribution in [2.75, 3.05) is 0 Å². The number of benzene rings is 1. The molecule has 0 spiro atoms. The van der Waals surface area contributed by atoms with E-state index in [4.69, 9.17) is 21.8 Å². The second kappa shape index (κ2) is 4.55. The van der Waals surface area contributed by atoms with E-state index in [0.717, 1.165) is 16.9 Å². The molecule has 1 atom stereocenters. The fraction of sp³-hybridized carbons (Fsp3) is 0.286. The van der Waals surface area contributed by atoms with Gasteiger partial charge in [0.25, 0.3) is 0 Å². The predicted octanol–water partition coefficient (Wildman–Crippen LogP) is 3.91. The molecule has 0 saturated carbocycles. The summed E-state index contributed by atoms with van der Waals surface area (Å²) in [5, 5.41) is 0.691. The largest absolute Gasteiger partial charge is 0.467 e. The maximum absolute atomic E-state index is 6.24. The number of aryl methyl sites for hydroxylation is 3. The molecular weight excluding hydrogens is 234 g/mol. The van der Waals surface area contributed by atoms with Crippen LogP contribution in [0.2, 0.25) is 5.02 Å². The van der Waals surface area contributed by atoms with Crippen LogP contribution in [0, 0.1) is 20.8 Å². The molecule has 1 aromatic heterocycles. The number of hydrogen-bond acceptors (Lipinski definition) is 2. The van der Waals surface area contributed by atoms with E-state index in [-0.39, 0.29) is 6.04 Å². The lowest BCUT2D eigenvalue weighted by molar-refractivity contribution is 0.487. The van der Waals surface area contributed by atoms with E-state index >= 15 is 0 Å². The molecule has 1 heterocycles. The van der Waals surface area contributed by atoms with Gasteiger partial charge in [-0.05, 0) is 55.2 Å². The first kappa shape index (κ1) is 12.2. The Morgan fingerprint density at radius 3 is 2.35 bits per heavy atom. The van der Waals surface area contributed by atoms with Crippen molar-refractivity contribution in [1.29, 1.82) is 0 Å². The van der Waals surface area contributed by atoms with E-state index in [2.05, 4.69) is 6.92 Å². The minimum absolute atomic E-state index is 0.309. The Morgan fingerprint density at radius 1 is 1.12 bits per heavy atom. The molecule has 0 bridgehead atoms. The average Bonchev–Trinajstić information content (AvgIpc) is 2.69. The highest BCUT2D eigenvalue weighted by molar-refractivity contribution is 6.31. The quantitative estimate of drug-likeness (QED) is 0.877. The van der Waals surface area contributed by atoms with Crippen molar-refractivity contribution in [2.24, 2.45) is 5.73 Å². The van der Waals surface area contributed by atoms with Gasteiger partial charge in [0, 0.05) is 5.02 Å². The highest BCUT2D eigenvalue weighted by atomic mass is 35.5. The fourth-order valence-corrected chi connectivity index (χ4v) is 2.22. The van der Waals surface area contributed by atoms with E-state index < -0.39 is 0 Å². The number of rotatable bonds is 2. The SMILES string of the molecule is Cc1cc(Cl)c(C(N)c2occc2C)cc1C. The number of hydrogen-bond donors (Lipinski definition) is 1. The van der Waals surface area contributed by atoms with Gasteiger partial charge in [0.05, 0.1) is 12.3 Å². The molecule has 1 aromatic carbocycles. The van der Waals surface area contributed by atoms with Gasteiger partial charge in [0.1, 0.15) is 5.76 Å². The van der Waals surface area contributed by atoms with Crippen LogP contribution in [0.15, 0.2) is 28.9 Å². The summed E-state index contributed by atoms with van der Waals surface area (Å²) in [4.78, 5) is 0. The molecule has 0 saturated heterocycles. The molecule has 2 aromatic rings. The Hall–Kier alpha value is -1.25. The van der Waals surface area contributed by atoms with Gasteiger partial charge in [-0.25, -0.2) is 0 Å². The summed E-state index contributed by atoms with van der Waals surface area (Å²) >= 11 is 6.24. The fourth-order valence-electron chi connectivity index (χ4n) is 1.89. The second-order valence-corrected chi connectivity index (χ2v) is 4.81. The van der Waals surface area contributed by atoms with Crippen LogP contribution in [-0.4, -0.2) is 0 Å². The number of halogens is 1. The van der Waals surface area contributed by atoms with Gasteiger partial charge in [-0.2, -0.15) is 0 Å². The molecule has 2 N–H and O–H groups in total. The van der Waals surface area contributed by atoms with E-state index in [0.29, 0.717) is 5.02 Å². The van der Waals surface area contributed by atoms with Crippen molar-refractivity contribution in [3.8, 4) is 0 Å². The van der Waals surface area contributed by atoms with Crippen molar-refractivity contribution < 1.29 is 4.42 Å². The van der Waals surface area contributed by atoms with E-state index in [1.165, 1.54) is 11.1 Å². The normalized spacial score (nSPS) is 12.8. The molecule has 0 fully saturated rings. The van der Waals surface area contributed by atoms with Crippen LogP contribution in [0.3, 0.4) is 0 Å². The molecule has 2 nitrogen and oxygen atoms in total. The second-order valence-electron chi connectivity index (χ2n) is 4.40. The monoisotopic (exact) mass is 249 g/mol. The predicted molar refractivity (Wildman–Crippen MR) is 70.4 cm³/mol. The lowest BCUT2D eigenvalue weighted by Crippen LogP contribution is -2.13. The number of nitrogens with two attached hydrogens (primary N) is 1. The molecule has 90 valence electrons. The highest BCUT2D eigenvalue weighted by Crippen LogP contribution is 2.30. The summed E-state index contributed by atoms with van der Waals surface area (Å²) in [6.07, 6.45) is 1.65.